The number of nitrogens with one attached hydrogen (secondary N) is 4. The van der Waals surface area contributed by atoms with E-state index in [-0.39, 0.29) is 18.7 Å². The Morgan fingerprint density at radius 1 is 0.939 bits per heavy atom. The quantitative estimate of drug-likeness (QED) is 0.338. The van der Waals surface area contributed by atoms with Crippen molar-refractivity contribution in [2.75, 3.05) is 0 Å². The van der Waals surface area contributed by atoms with Gasteiger partial charge in [-0.3, -0.25) is 19.2 Å². The molecule has 0 aliphatic carbocycles. The molecule has 9 heteroatoms. The van der Waals surface area contributed by atoms with E-state index in [9.17, 15) is 19.2 Å². The summed E-state index contributed by atoms with van der Waals surface area (Å²) in [6.07, 6.45) is 2.03. The Bertz CT molecular complexity index is 1190. The van der Waals surface area contributed by atoms with E-state index < -0.39 is 35.8 Å². The molecule has 1 saturated heterocycles. The predicted molar refractivity (Wildman–Crippen MR) is 122 cm³/mol. The fraction of sp³-hybridized carbons (Fsp3) is 0.250. The van der Waals surface area contributed by atoms with Gasteiger partial charge in [-0.05, 0) is 17.2 Å². The highest BCUT2D eigenvalue weighted by atomic mass is 16.2. The zero-order valence-corrected chi connectivity index (χ0v) is 17.8. The van der Waals surface area contributed by atoms with Crippen molar-refractivity contribution in [2.24, 2.45) is 5.73 Å². The average molecular weight is 447 g/mol. The molecule has 1 aliphatic rings. The summed E-state index contributed by atoms with van der Waals surface area (Å²) in [4.78, 5) is 52.6. The van der Waals surface area contributed by atoms with Crippen LogP contribution in [0.15, 0.2) is 60.8 Å². The maximum Gasteiger partial charge on any atom is 0.243 e. The summed E-state index contributed by atoms with van der Waals surface area (Å²) in [5, 5.41) is 8.81. The fourth-order valence-electron chi connectivity index (χ4n) is 3.99. The van der Waals surface area contributed by atoms with E-state index in [1.165, 1.54) is 0 Å². The number of benzene rings is 2. The molecule has 2 heterocycles. The molecular weight excluding hydrogens is 422 g/mol. The third-order valence-corrected chi connectivity index (χ3v) is 5.72. The number of hydrogen-bond acceptors (Lipinski definition) is 4. The van der Waals surface area contributed by atoms with Crippen LogP contribution in [0.2, 0.25) is 0 Å². The van der Waals surface area contributed by atoms with Crippen molar-refractivity contribution in [1.82, 2.24) is 20.9 Å². The van der Waals surface area contributed by atoms with Gasteiger partial charge in [-0.2, -0.15) is 0 Å². The molecule has 4 rings (SSSR count). The van der Waals surface area contributed by atoms with Crippen LogP contribution in [0.1, 0.15) is 17.5 Å². The molecule has 0 unspecified atom stereocenters. The molecule has 0 spiro atoms. The van der Waals surface area contributed by atoms with E-state index in [0.29, 0.717) is 6.42 Å². The lowest BCUT2D eigenvalue weighted by atomic mass is 10.0. The van der Waals surface area contributed by atoms with E-state index >= 15 is 0 Å². The normalized spacial score (nSPS) is 18.9. The Kier molecular flexibility index (Phi) is 6.39. The molecule has 0 radical (unpaired) electrons. The molecule has 1 fully saturated rings. The first-order chi connectivity index (χ1) is 15.9. The monoisotopic (exact) mass is 447 g/mol. The van der Waals surface area contributed by atoms with Crippen LogP contribution in [0.25, 0.3) is 10.9 Å². The second-order valence-electron chi connectivity index (χ2n) is 8.10. The number of primary amides is 1. The molecule has 0 saturated carbocycles. The predicted octanol–water partition coefficient (Wildman–Crippen LogP) is 0.297. The number of H-pyrrole nitrogens is 1. The van der Waals surface area contributed by atoms with E-state index in [1.54, 1.807) is 6.20 Å². The molecular formula is C24H25N5O4. The summed E-state index contributed by atoms with van der Waals surface area (Å²) in [5.41, 5.74) is 8.17. The Hall–Kier alpha value is -4.14. The number of fused-ring (bicyclic) bond motifs is 1. The zero-order valence-electron chi connectivity index (χ0n) is 17.8. The number of piperazine rings is 1. The summed E-state index contributed by atoms with van der Waals surface area (Å²) < 4.78 is 0. The molecule has 6 N–H and O–H groups in total. The Balaban J connectivity index is 1.35. The van der Waals surface area contributed by atoms with Crippen LogP contribution in [0, 0.1) is 0 Å². The number of nitrogens with two attached hydrogens (primary N) is 1. The molecule has 3 atom stereocenters. The van der Waals surface area contributed by atoms with Gasteiger partial charge in [0.25, 0.3) is 0 Å². The SMILES string of the molecule is NC(=O)[C@@H](Cc1c[nH]c2ccccc12)NC(=O)C[C@@H]1NC(=O)[C@H](Cc2ccccc2)NC1=O. The molecule has 170 valence electrons. The summed E-state index contributed by atoms with van der Waals surface area (Å²) in [6.45, 7) is 0. The average Bonchev–Trinajstić information content (AvgIpc) is 3.20. The molecule has 1 aromatic heterocycles. The topological polar surface area (TPSA) is 146 Å². The second kappa shape index (κ2) is 9.56. The number of carbonyl (C=O) groups excluding carboxylic acids is 4. The molecule has 1 aliphatic heterocycles. The Morgan fingerprint density at radius 3 is 2.36 bits per heavy atom. The van der Waals surface area contributed by atoms with Gasteiger partial charge < -0.3 is 26.7 Å². The lowest BCUT2D eigenvalue weighted by Gasteiger charge is -2.29. The van der Waals surface area contributed by atoms with Crippen molar-refractivity contribution < 1.29 is 19.2 Å². The largest absolute Gasteiger partial charge is 0.368 e. The van der Waals surface area contributed by atoms with Gasteiger partial charge in [0.05, 0.1) is 6.42 Å². The van der Waals surface area contributed by atoms with Gasteiger partial charge in [0.1, 0.15) is 18.1 Å². The molecule has 33 heavy (non-hydrogen) atoms. The van der Waals surface area contributed by atoms with Crippen LogP contribution < -0.4 is 21.7 Å². The third kappa shape index (κ3) is 5.20. The maximum atomic E-state index is 12.6. The van der Waals surface area contributed by atoms with Gasteiger partial charge in [-0.25, -0.2) is 0 Å². The van der Waals surface area contributed by atoms with Gasteiger partial charge in [-0.15, -0.1) is 0 Å². The van der Waals surface area contributed by atoms with Gasteiger partial charge in [0.15, 0.2) is 0 Å². The van der Waals surface area contributed by atoms with Crippen molar-refractivity contribution in [3.8, 4) is 0 Å². The first-order valence-corrected chi connectivity index (χ1v) is 10.7. The minimum absolute atomic E-state index is 0.202. The van der Waals surface area contributed by atoms with Crippen molar-refractivity contribution in [1.29, 1.82) is 0 Å². The molecule has 3 aromatic rings. The van der Waals surface area contributed by atoms with Gasteiger partial charge in [0, 0.05) is 29.9 Å². The van der Waals surface area contributed by atoms with Crippen molar-refractivity contribution in [2.45, 2.75) is 37.4 Å². The molecule has 9 nitrogen and oxygen atoms in total. The maximum absolute atomic E-state index is 12.6. The second-order valence-corrected chi connectivity index (χ2v) is 8.10. The van der Waals surface area contributed by atoms with Crippen molar-refractivity contribution >= 4 is 34.5 Å². The highest BCUT2D eigenvalue weighted by Crippen LogP contribution is 2.19. The van der Waals surface area contributed by atoms with Crippen molar-refractivity contribution in [3.63, 3.8) is 0 Å². The number of amides is 4. The van der Waals surface area contributed by atoms with Crippen LogP contribution in [-0.4, -0.2) is 46.7 Å². The lowest BCUT2D eigenvalue weighted by molar-refractivity contribution is -0.138. The highest BCUT2D eigenvalue weighted by molar-refractivity contribution is 5.99. The van der Waals surface area contributed by atoms with Crippen LogP contribution in [-0.2, 0) is 32.0 Å². The summed E-state index contributed by atoms with van der Waals surface area (Å²) in [7, 11) is 0. The minimum atomic E-state index is -1.02. The van der Waals surface area contributed by atoms with E-state index in [4.69, 9.17) is 5.73 Å². The summed E-state index contributed by atoms with van der Waals surface area (Å²) in [5.74, 6) is -2.05. The van der Waals surface area contributed by atoms with Crippen LogP contribution in [0.5, 0.6) is 0 Å². The fourth-order valence-corrected chi connectivity index (χ4v) is 3.99. The van der Waals surface area contributed by atoms with Crippen molar-refractivity contribution in [3.05, 3.63) is 71.9 Å². The minimum Gasteiger partial charge on any atom is -0.368 e. The first kappa shape index (κ1) is 22.1. The van der Waals surface area contributed by atoms with Crippen LogP contribution in [0.3, 0.4) is 0 Å². The highest BCUT2D eigenvalue weighted by Gasteiger charge is 2.35. The molecule has 4 amide bonds. The number of aromatic amines is 1. The smallest absolute Gasteiger partial charge is 0.243 e. The standard InChI is InChI=1S/C24H25N5O4/c25-22(31)18(11-15-13-26-17-9-5-4-8-16(15)17)27-21(30)12-20-24(33)28-19(23(32)29-20)10-14-6-2-1-3-7-14/h1-9,13,18-20,26H,10-12H2,(H2,25,31)(H,27,30)(H,28,33)(H,29,32)/t18-,19+,20+/m1/s1. The van der Waals surface area contributed by atoms with E-state index in [2.05, 4.69) is 20.9 Å². The Morgan fingerprint density at radius 2 is 1.61 bits per heavy atom. The number of para-hydroxylation sites is 1. The number of aromatic nitrogens is 1. The molecule has 0 bridgehead atoms. The summed E-state index contributed by atoms with van der Waals surface area (Å²) >= 11 is 0. The lowest BCUT2D eigenvalue weighted by Crippen LogP contribution is -2.63. The Labute approximate surface area is 190 Å². The van der Waals surface area contributed by atoms with Crippen LogP contribution >= 0.6 is 0 Å². The molecule has 2 aromatic carbocycles. The first-order valence-electron chi connectivity index (χ1n) is 10.7. The number of rotatable bonds is 8. The third-order valence-electron chi connectivity index (χ3n) is 5.72. The van der Waals surface area contributed by atoms with Crippen LogP contribution in [0.4, 0.5) is 0 Å². The van der Waals surface area contributed by atoms with Gasteiger partial charge in [-0.1, -0.05) is 48.5 Å². The summed E-state index contributed by atoms with van der Waals surface area (Å²) in [6, 6.07) is 14.2. The number of hydrogen-bond donors (Lipinski definition) is 5. The zero-order chi connectivity index (χ0) is 23.4. The van der Waals surface area contributed by atoms with Gasteiger partial charge in [0.2, 0.25) is 23.6 Å². The van der Waals surface area contributed by atoms with E-state index in [1.807, 2.05) is 54.6 Å². The van der Waals surface area contributed by atoms with E-state index in [0.717, 1.165) is 22.0 Å². The number of carbonyl (C=O) groups is 4. The van der Waals surface area contributed by atoms with Gasteiger partial charge >= 0.3 is 0 Å².